The summed E-state index contributed by atoms with van der Waals surface area (Å²) in [7, 11) is 0. The van der Waals surface area contributed by atoms with Gasteiger partial charge in [-0.3, -0.25) is 0 Å². The summed E-state index contributed by atoms with van der Waals surface area (Å²) in [6.07, 6.45) is 18.4. The molecule has 0 saturated carbocycles. The molecule has 0 aromatic heterocycles. The van der Waals surface area contributed by atoms with E-state index in [1.54, 1.807) is 0 Å². The highest BCUT2D eigenvalue weighted by Gasteiger charge is 2.49. The van der Waals surface area contributed by atoms with E-state index in [-0.39, 0.29) is 24.0 Å². The number of benzene rings is 6. The van der Waals surface area contributed by atoms with Crippen molar-refractivity contribution >= 4 is 0 Å². The minimum atomic E-state index is -0.608. The average Bonchev–Trinajstić information content (AvgIpc) is 3.36. The van der Waals surface area contributed by atoms with Crippen LogP contribution in [0.15, 0.2) is 218 Å². The third-order valence-corrected chi connectivity index (χ3v) is 13.7. The van der Waals surface area contributed by atoms with Gasteiger partial charge in [0.2, 0.25) is 0 Å². The lowest BCUT2D eigenvalue weighted by molar-refractivity contribution is -0.0836. The van der Waals surface area contributed by atoms with Gasteiger partial charge >= 0.3 is 0 Å². The number of aryl methyl sites for hydroxylation is 2. The van der Waals surface area contributed by atoms with E-state index >= 15 is 0 Å². The van der Waals surface area contributed by atoms with E-state index in [1.807, 2.05) is 74.5 Å². The zero-order chi connectivity index (χ0) is 46.3. The number of allylic oxidation sites excluding steroid dienone is 6. The van der Waals surface area contributed by atoms with Crippen molar-refractivity contribution < 1.29 is 23.7 Å². The monoisotopic (exact) mass is 890 g/mol. The molecule has 0 saturated heterocycles. The number of rotatable bonds is 22. The Balaban J connectivity index is 1.23. The van der Waals surface area contributed by atoms with Gasteiger partial charge in [-0.15, -0.1) is 0 Å². The van der Waals surface area contributed by atoms with Crippen LogP contribution in [0.5, 0.6) is 23.0 Å². The molecule has 0 spiro atoms. The highest BCUT2D eigenvalue weighted by molar-refractivity contribution is 5.46. The molecule has 67 heavy (non-hydrogen) atoms. The number of para-hydroxylation sites is 2. The molecule has 0 N–H and O–H groups in total. The molecular weight excluding hydrogens is 825 g/mol. The van der Waals surface area contributed by atoms with Gasteiger partial charge in [-0.05, 0) is 149 Å². The molecule has 2 aliphatic rings. The van der Waals surface area contributed by atoms with Crippen molar-refractivity contribution in [3.05, 3.63) is 240 Å². The minimum absolute atomic E-state index is 0.0959. The molecule has 5 nitrogen and oxygen atoms in total. The SMILES string of the molecule is CCOc1ccc(C2(C)C(Oc3ccccc3)=CC=CC2C(CCCc2ccccc2)OC(CCCc2ccccc2)C2C=CC=C(Oc3ccccc3)C2(C)c2ccc(OCC)cc2)cc1. The molecule has 8 rings (SSSR count). The van der Waals surface area contributed by atoms with Gasteiger partial charge in [-0.1, -0.05) is 146 Å². The largest absolute Gasteiger partial charge is 0.494 e. The predicted octanol–water partition coefficient (Wildman–Crippen LogP) is 14.8. The maximum absolute atomic E-state index is 8.04. The Morgan fingerprint density at radius 3 is 1.15 bits per heavy atom. The van der Waals surface area contributed by atoms with Crippen LogP contribution in [0, 0.1) is 11.8 Å². The number of hydrogen-bond acceptors (Lipinski definition) is 5. The summed E-state index contributed by atoms with van der Waals surface area (Å²) in [5.41, 5.74) is 3.72. The quantitative estimate of drug-likeness (QED) is 0.0679. The van der Waals surface area contributed by atoms with E-state index in [0.29, 0.717) is 13.2 Å². The van der Waals surface area contributed by atoms with Gasteiger partial charge < -0.3 is 23.7 Å². The highest BCUT2D eigenvalue weighted by Crippen LogP contribution is 2.50. The van der Waals surface area contributed by atoms with E-state index in [4.69, 9.17) is 23.7 Å². The summed E-state index contributed by atoms with van der Waals surface area (Å²) in [5.74, 6) is 4.87. The van der Waals surface area contributed by atoms with Crippen LogP contribution in [-0.4, -0.2) is 25.4 Å². The molecule has 0 heterocycles. The van der Waals surface area contributed by atoms with Crippen LogP contribution in [0.3, 0.4) is 0 Å². The van der Waals surface area contributed by atoms with Crippen LogP contribution >= 0.6 is 0 Å². The van der Waals surface area contributed by atoms with Gasteiger partial charge in [0.15, 0.2) is 0 Å². The van der Waals surface area contributed by atoms with Crippen LogP contribution in [-0.2, 0) is 28.4 Å². The van der Waals surface area contributed by atoms with Gasteiger partial charge in [0.1, 0.15) is 34.5 Å². The summed E-state index contributed by atoms with van der Waals surface area (Å²) in [5, 5.41) is 0. The second kappa shape index (κ2) is 22.8. The van der Waals surface area contributed by atoms with Gasteiger partial charge in [-0.2, -0.15) is 0 Å². The summed E-state index contributed by atoms with van der Waals surface area (Å²) in [4.78, 5) is 0. The van der Waals surface area contributed by atoms with Crippen LogP contribution < -0.4 is 18.9 Å². The molecule has 6 unspecified atom stereocenters. The maximum atomic E-state index is 8.04. The van der Waals surface area contributed by atoms with E-state index in [0.717, 1.165) is 84.2 Å². The van der Waals surface area contributed by atoms with Crippen LogP contribution in [0.2, 0.25) is 0 Å². The maximum Gasteiger partial charge on any atom is 0.126 e. The normalized spacial score (nSPS) is 20.8. The Morgan fingerprint density at radius 1 is 0.433 bits per heavy atom. The Bertz CT molecular complexity index is 2370. The van der Waals surface area contributed by atoms with Crippen LogP contribution in [0.1, 0.15) is 75.6 Å². The highest BCUT2D eigenvalue weighted by atomic mass is 16.5. The number of ether oxygens (including phenoxy) is 5. The molecule has 6 aromatic rings. The number of hydrogen-bond donors (Lipinski definition) is 0. The van der Waals surface area contributed by atoms with E-state index < -0.39 is 10.8 Å². The first kappa shape index (κ1) is 47.0. The zero-order valence-corrected chi connectivity index (χ0v) is 39.6. The Hall–Kier alpha value is -6.56. The lowest BCUT2D eigenvalue weighted by atomic mass is 9.64. The second-order valence-electron chi connectivity index (χ2n) is 18.0. The zero-order valence-electron chi connectivity index (χ0n) is 39.6. The molecule has 0 amide bonds. The lowest BCUT2D eigenvalue weighted by Gasteiger charge is -2.47. The summed E-state index contributed by atoms with van der Waals surface area (Å²) in [6, 6.07) is 59.1. The van der Waals surface area contributed by atoms with Crippen molar-refractivity contribution in [3.8, 4) is 23.0 Å². The summed E-state index contributed by atoms with van der Waals surface area (Å²) >= 11 is 0. The first-order valence-electron chi connectivity index (χ1n) is 24.3. The smallest absolute Gasteiger partial charge is 0.126 e. The van der Waals surface area contributed by atoms with Crippen molar-refractivity contribution in [1.82, 2.24) is 0 Å². The Labute approximate surface area is 399 Å². The fraction of sp³-hybridized carbons (Fsp3) is 0.290. The average molecular weight is 891 g/mol. The van der Waals surface area contributed by atoms with Crippen molar-refractivity contribution in [2.75, 3.05) is 13.2 Å². The van der Waals surface area contributed by atoms with E-state index in [9.17, 15) is 0 Å². The van der Waals surface area contributed by atoms with Crippen molar-refractivity contribution in [2.24, 2.45) is 11.8 Å². The molecule has 0 aliphatic heterocycles. The topological polar surface area (TPSA) is 46.2 Å². The van der Waals surface area contributed by atoms with Gasteiger partial charge in [0, 0.05) is 11.8 Å². The molecular formula is C62H66O5. The summed E-state index contributed by atoms with van der Waals surface area (Å²) < 4.78 is 33.9. The second-order valence-corrected chi connectivity index (χ2v) is 18.0. The molecule has 344 valence electrons. The van der Waals surface area contributed by atoms with Crippen LogP contribution in [0.4, 0.5) is 0 Å². The first-order chi connectivity index (χ1) is 32.9. The standard InChI is InChI=1S/C62H66O5/c1-5-63-51-43-39-49(40-44-51)61(3)55(33-21-37-59(61)65-53-29-15-9-16-30-53)57(35-19-27-47-23-11-7-12-24-47)67-58(36-20-28-48-25-13-8-14-26-48)56-34-22-38-60(66-54-31-17-10-18-32-54)62(56,4)50-41-45-52(46-42-50)64-6-2/h7-18,21-26,29-34,37-46,55-58H,5-6,19-20,27-28,35-36H2,1-4H3. The molecule has 0 bridgehead atoms. The fourth-order valence-corrected chi connectivity index (χ4v) is 10.1. The molecule has 0 radical (unpaired) electrons. The molecule has 5 heteroatoms. The van der Waals surface area contributed by atoms with Gasteiger partial charge in [0.25, 0.3) is 0 Å². The van der Waals surface area contributed by atoms with Gasteiger partial charge in [0.05, 0.1) is 36.3 Å². The molecule has 0 fully saturated rings. The van der Waals surface area contributed by atoms with E-state index in [1.165, 1.54) is 11.1 Å². The van der Waals surface area contributed by atoms with Crippen molar-refractivity contribution in [2.45, 2.75) is 89.3 Å². The fourth-order valence-electron chi connectivity index (χ4n) is 10.1. The van der Waals surface area contributed by atoms with E-state index in [2.05, 4.69) is 159 Å². The lowest BCUT2D eigenvalue weighted by Crippen LogP contribution is -2.49. The third-order valence-electron chi connectivity index (χ3n) is 13.7. The predicted molar refractivity (Wildman–Crippen MR) is 273 cm³/mol. The molecule has 2 aliphatic carbocycles. The Kier molecular flexibility index (Phi) is 15.9. The third kappa shape index (κ3) is 11.4. The summed E-state index contributed by atoms with van der Waals surface area (Å²) in [6.45, 7) is 9.92. The molecule has 6 atom stereocenters. The van der Waals surface area contributed by atoms with Crippen molar-refractivity contribution in [1.29, 1.82) is 0 Å². The first-order valence-corrected chi connectivity index (χ1v) is 24.3. The Morgan fingerprint density at radius 2 is 0.791 bits per heavy atom. The molecule has 6 aromatic carbocycles. The van der Waals surface area contributed by atoms with Crippen molar-refractivity contribution in [3.63, 3.8) is 0 Å². The minimum Gasteiger partial charge on any atom is -0.494 e. The van der Waals surface area contributed by atoms with Gasteiger partial charge in [-0.25, -0.2) is 0 Å². The van der Waals surface area contributed by atoms with Crippen LogP contribution in [0.25, 0.3) is 0 Å².